The number of benzene rings is 1. The lowest BCUT2D eigenvalue weighted by Crippen LogP contribution is -1.99. The van der Waals surface area contributed by atoms with Crippen LogP contribution < -0.4 is 0 Å². The third kappa shape index (κ3) is 2.71. The SMILES string of the molecule is O=[N+]([O-])c1ccc(I)c(S(=O)(=O)Cl)c1Cl. The van der Waals surface area contributed by atoms with Crippen LogP contribution in [0.2, 0.25) is 5.02 Å². The van der Waals surface area contributed by atoms with Crippen LogP contribution in [0, 0.1) is 13.7 Å². The number of hydrogen-bond donors (Lipinski definition) is 0. The summed E-state index contributed by atoms with van der Waals surface area (Å²) in [6.07, 6.45) is 0. The summed E-state index contributed by atoms with van der Waals surface area (Å²) in [7, 11) is 1.01. The molecule has 0 saturated carbocycles. The van der Waals surface area contributed by atoms with Gasteiger partial charge in [0.15, 0.2) is 0 Å². The van der Waals surface area contributed by atoms with Gasteiger partial charge in [0.2, 0.25) is 0 Å². The molecule has 1 aromatic carbocycles. The van der Waals surface area contributed by atoms with E-state index in [1.54, 1.807) is 22.6 Å². The highest BCUT2D eigenvalue weighted by molar-refractivity contribution is 14.1. The quantitative estimate of drug-likeness (QED) is 0.341. The van der Waals surface area contributed by atoms with Gasteiger partial charge < -0.3 is 0 Å². The standard InChI is InChI=1S/C6H2Cl2INO4S/c7-5-4(10(11)12)2-1-3(9)6(5)15(8,13)14/h1-2H. The maximum absolute atomic E-state index is 11.1. The minimum atomic E-state index is -4.09. The van der Waals surface area contributed by atoms with Gasteiger partial charge in [0.1, 0.15) is 9.92 Å². The lowest BCUT2D eigenvalue weighted by Gasteiger charge is -2.03. The zero-order valence-electron chi connectivity index (χ0n) is 6.78. The van der Waals surface area contributed by atoms with Crippen LogP contribution in [0.4, 0.5) is 5.69 Å². The molecule has 0 spiro atoms. The van der Waals surface area contributed by atoms with E-state index in [9.17, 15) is 18.5 Å². The van der Waals surface area contributed by atoms with Crippen LogP contribution in [0.5, 0.6) is 0 Å². The molecule has 0 atom stereocenters. The molecule has 0 aromatic heterocycles. The molecule has 5 nitrogen and oxygen atoms in total. The van der Waals surface area contributed by atoms with Crippen LogP contribution in [-0.2, 0) is 9.05 Å². The summed E-state index contributed by atoms with van der Waals surface area (Å²) < 4.78 is 22.4. The summed E-state index contributed by atoms with van der Waals surface area (Å²) in [5, 5.41) is 10.0. The maximum Gasteiger partial charge on any atom is 0.289 e. The molecule has 0 radical (unpaired) electrons. The zero-order valence-corrected chi connectivity index (χ0v) is 11.3. The Balaban J connectivity index is 3.66. The first kappa shape index (κ1) is 12.9. The van der Waals surface area contributed by atoms with E-state index in [1.165, 1.54) is 6.07 Å². The monoisotopic (exact) mass is 381 g/mol. The van der Waals surface area contributed by atoms with Crippen molar-refractivity contribution in [1.82, 2.24) is 0 Å². The summed E-state index contributed by atoms with van der Waals surface area (Å²) in [6.45, 7) is 0. The van der Waals surface area contributed by atoms with Crippen LogP contribution in [-0.4, -0.2) is 13.3 Å². The lowest BCUT2D eigenvalue weighted by molar-refractivity contribution is -0.384. The number of halogens is 3. The Morgan fingerprint density at radius 2 is 1.93 bits per heavy atom. The van der Waals surface area contributed by atoms with E-state index in [4.69, 9.17) is 22.3 Å². The highest BCUT2D eigenvalue weighted by atomic mass is 127. The Bertz CT molecular complexity index is 530. The second kappa shape index (κ2) is 4.40. The Labute approximate surface area is 108 Å². The second-order valence-corrected chi connectivity index (χ2v) is 6.45. The molecule has 0 aliphatic rings. The summed E-state index contributed by atoms with van der Waals surface area (Å²) in [4.78, 5) is 9.29. The smallest absolute Gasteiger partial charge is 0.258 e. The normalized spacial score (nSPS) is 11.4. The molecule has 9 heteroatoms. The molecule has 0 saturated heterocycles. The van der Waals surface area contributed by atoms with Crippen molar-refractivity contribution >= 4 is 59.6 Å². The first-order valence-corrected chi connectivity index (χ1v) is 7.09. The van der Waals surface area contributed by atoms with Gasteiger partial charge in [0, 0.05) is 20.3 Å². The fourth-order valence-electron chi connectivity index (χ4n) is 0.887. The maximum atomic E-state index is 11.1. The summed E-state index contributed by atoms with van der Waals surface area (Å²) in [6, 6.07) is 2.38. The molecule has 0 N–H and O–H groups in total. The van der Waals surface area contributed by atoms with Gasteiger partial charge >= 0.3 is 0 Å². The molecule has 0 unspecified atom stereocenters. The second-order valence-electron chi connectivity index (χ2n) is 2.40. The van der Waals surface area contributed by atoms with E-state index in [-0.39, 0.29) is 3.57 Å². The van der Waals surface area contributed by atoms with Crippen LogP contribution >= 0.6 is 44.9 Å². The molecular formula is C6H2Cl2INO4S. The van der Waals surface area contributed by atoms with Crippen molar-refractivity contribution < 1.29 is 13.3 Å². The predicted octanol–water partition coefficient (Wildman–Crippen LogP) is 2.78. The van der Waals surface area contributed by atoms with Crippen molar-refractivity contribution in [2.45, 2.75) is 4.90 Å². The number of rotatable bonds is 2. The van der Waals surface area contributed by atoms with Crippen molar-refractivity contribution in [3.05, 3.63) is 30.8 Å². The summed E-state index contributed by atoms with van der Waals surface area (Å²) in [5.74, 6) is 0. The van der Waals surface area contributed by atoms with E-state index >= 15 is 0 Å². The molecule has 1 rings (SSSR count). The molecule has 0 amide bonds. The zero-order chi connectivity index (χ0) is 11.8. The Morgan fingerprint density at radius 3 is 2.33 bits per heavy atom. The van der Waals surface area contributed by atoms with Crippen LogP contribution in [0.3, 0.4) is 0 Å². The Kier molecular flexibility index (Phi) is 3.80. The average Bonchev–Trinajstić information content (AvgIpc) is 2.00. The van der Waals surface area contributed by atoms with Gasteiger partial charge in [-0.1, -0.05) is 11.6 Å². The van der Waals surface area contributed by atoms with E-state index in [0.717, 1.165) is 6.07 Å². The third-order valence-electron chi connectivity index (χ3n) is 1.47. The molecule has 0 aliphatic heterocycles. The fraction of sp³-hybridized carbons (Fsp3) is 0. The molecule has 15 heavy (non-hydrogen) atoms. The first-order chi connectivity index (χ1) is 6.75. The Hall–Kier alpha value is -0.120. The van der Waals surface area contributed by atoms with E-state index in [2.05, 4.69) is 0 Å². The average molecular weight is 382 g/mol. The van der Waals surface area contributed by atoms with Crippen molar-refractivity contribution in [3.63, 3.8) is 0 Å². The largest absolute Gasteiger partial charge is 0.289 e. The summed E-state index contributed by atoms with van der Waals surface area (Å²) in [5.41, 5.74) is -0.490. The molecule has 1 aromatic rings. The molecular weight excluding hydrogens is 380 g/mol. The molecule has 0 heterocycles. The van der Waals surface area contributed by atoms with E-state index in [1.807, 2.05) is 0 Å². The van der Waals surface area contributed by atoms with Crippen LogP contribution in [0.15, 0.2) is 17.0 Å². The van der Waals surface area contributed by atoms with Gasteiger partial charge in [0.05, 0.1) is 4.92 Å². The number of hydrogen-bond acceptors (Lipinski definition) is 4. The van der Waals surface area contributed by atoms with E-state index in [0.29, 0.717) is 0 Å². The van der Waals surface area contributed by atoms with E-state index < -0.39 is 29.6 Å². The van der Waals surface area contributed by atoms with Gasteiger partial charge in [-0.2, -0.15) is 0 Å². The number of nitrogens with zero attached hydrogens (tertiary/aromatic N) is 1. The van der Waals surface area contributed by atoms with Gasteiger partial charge in [0.25, 0.3) is 14.7 Å². The highest BCUT2D eigenvalue weighted by Crippen LogP contribution is 2.36. The lowest BCUT2D eigenvalue weighted by atomic mass is 10.3. The Morgan fingerprint density at radius 1 is 1.40 bits per heavy atom. The van der Waals surface area contributed by atoms with Crippen molar-refractivity contribution in [2.24, 2.45) is 0 Å². The van der Waals surface area contributed by atoms with Gasteiger partial charge in [-0.25, -0.2) is 8.42 Å². The number of nitro groups is 1. The topological polar surface area (TPSA) is 77.3 Å². The van der Waals surface area contributed by atoms with Crippen molar-refractivity contribution in [1.29, 1.82) is 0 Å². The molecule has 0 bridgehead atoms. The van der Waals surface area contributed by atoms with Gasteiger partial charge in [-0.05, 0) is 28.7 Å². The fourth-order valence-corrected chi connectivity index (χ4v) is 4.51. The first-order valence-electron chi connectivity index (χ1n) is 3.32. The molecule has 0 aliphatic carbocycles. The third-order valence-corrected chi connectivity index (χ3v) is 4.60. The van der Waals surface area contributed by atoms with Crippen molar-refractivity contribution in [2.75, 3.05) is 0 Å². The van der Waals surface area contributed by atoms with Crippen LogP contribution in [0.25, 0.3) is 0 Å². The molecule has 0 fully saturated rings. The predicted molar refractivity (Wildman–Crippen MR) is 63.9 cm³/mol. The molecule has 82 valence electrons. The van der Waals surface area contributed by atoms with Crippen molar-refractivity contribution in [3.8, 4) is 0 Å². The minimum absolute atomic E-state index is 0.234. The van der Waals surface area contributed by atoms with Gasteiger partial charge in [-0.15, -0.1) is 0 Å². The number of nitro benzene ring substituents is 1. The highest BCUT2D eigenvalue weighted by Gasteiger charge is 2.26. The van der Waals surface area contributed by atoms with Gasteiger partial charge in [-0.3, -0.25) is 10.1 Å². The van der Waals surface area contributed by atoms with Crippen LogP contribution in [0.1, 0.15) is 0 Å². The summed E-state index contributed by atoms with van der Waals surface area (Å²) >= 11 is 7.26. The minimum Gasteiger partial charge on any atom is -0.258 e.